The van der Waals surface area contributed by atoms with Crippen LogP contribution in [0.25, 0.3) is 11.1 Å². The minimum Gasteiger partial charge on any atom is -0.441 e. The van der Waals surface area contributed by atoms with Crippen molar-refractivity contribution in [2.45, 2.75) is 6.42 Å². The second kappa shape index (κ2) is 3.27. The number of fused-ring (bicyclic) bond motifs is 1. The second-order valence-electron chi connectivity index (χ2n) is 2.51. The Labute approximate surface area is 78.7 Å². The summed E-state index contributed by atoms with van der Waals surface area (Å²) in [5, 5.41) is 0.889. The highest BCUT2D eigenvalue weighted by Crippen LogP contribution is 2.14. The van der Waals surface area contributed by atoms with Crippen LogP contribution in [0.3, 0.4) is 0 Å². The highest BCUT2D eigenvalue weighted by atomic mass is 79.9. The molecule has 0 atom stereocenters. The standard InChI is InChI=1S/C9H8BrNO/c10-6-5-9-11-7-3-1-2-4-8(7)12-9/h1-4H,5-6H2. The second-order valence-corrected chi connectivity index (χ2v) is 3.31. The van der Waals surface area contributed by atoms with Crippen molar-refractivity contribution >= 4 is 27.0 Å². The van der Waals surface area contributed by atoms with E-state index in [4.69, 9.17) is 4.42 Å². The maximum Gasteiger partial charge on any atom is 0.196 e. The number of alkyl halides is 1. The predicted octanol–water partition coefficient (Wildman–Crippen LogP) is 2.77. The molecule has 2 nitrogen and oxygen atoms in total. The Kier molecular flexibility index (Phi) is 2.13. The van der Waals surface area contributed by atoms with Crippen LogP contribution in [0.4, 0.5) is 0 Å². The van der Waals surface area contributed by atoms with Crippen molar-refractivity contribution in [3.8, 4) is 0 Å². The van der Waals surface area contributed by atoms with Gasteiger partial charge in [-0.05, 0) is 12.1 Å². The van der Waals surface area contributed by atoms with Crippen LogP contribution in [0.5, 0.6) is 0 Å². The summed E-state index contributed by atoms with van der Waals surface area (Å²) < 4.78 is 5.47. The number of nitrogens with zero attached hydrogens (tertiary/aromatic N) is 1. The Morgan fingerprint density at radius 3 is 2.92 bits per heavy atom. The van der Waals surface area contributed by atoms with Crippen molar-refractivity contribution in [2.24, 2.45) is 0 Å². The number of aromatic nitrogens is 1. The lowest BCUT2D eigenvalue weighted by molar-refractivity contribution is 0.540. The van der Waals surface area contributed by atoms with Crippen molar-refractivity contribution in [1.29, 1.82) is 0 Å². The maximum atomic E-state index is 5.47. The van der Waals surface area contributed by atoms with Gasteiger partial charge in [-0.1, -0.05) is 28.1 Å². The summed E-state index contributed by atoms with van der Waals surface area (Å²) in [5.74, 6) is 0.799. The fraction of sp³-hybridized carbons (Fsp3) is 0.222. The zero-order chi connectivity index (χ0) is 8.39. The van der Waals surface area contributed by atoms with Gasteiger partial charge in [0.15, 0.2) is 11.5 Å². The SMILES string of the molecule is BrCCc1nc2ccccc2o1. The lowest BCUT2D eigenvalue weighted by Crippen LogP contribution is -1.83. The van der Waals surface area contributed by atoms with Gasteiger partial charge in [-0.15, -0.1) is 0 Å². The minimum absolute atomic E-state index is 0.799. The molecule has 0 radical (unpaired) electrons. The van der Waals surface area contributed by atoms with E-state index < -0.39 is 0 Å². The zero-order valence-electron chi connectivity index (χ0n) is 6.46. The van der Waals surface area contributed by atoms with Crippen molar-refractivity contribution in [3.63, 3.8) is 0 Å². The first-order chi connectivity index (χ1) is 5.90. The van der Waals surface area contributed by atoms with Crippen molar-refractivity contribution in [1.82, 2.24) is 4.98 Å². The van der Waals surface area contributed by atoms with Crippen LogP contribution in [0.15, 0.2) is 28.7 Å². The molecule has 0 saturated carbocycles. The third-order valence-corrected chi connectivity index (χ3v) is 2.04. The lowest BCUT2D eigenvalue weighted by Gasteiger charge is -1.84. The molecule has 1 heterocycles. The van der Waals surface area contributed by atoms with Crippen LogP contribution in [-0.2, 0) is 6.42 Å². The molecule has 0 aliphatic rings. The molecule has 0 fully saturated rings. The highest BCUT2D eigenvalue weighted by molar-refractivity contribution is 9.09. The Hall–Kier alpha value is -0.830. The molecule has 0 aliphatic carbocycles. The summed E-state index contributed by atoms with van der Waals surface area (Å²) in [6, 6.07) is 7.80. The molecule has 0 amide bonds. The summed E-state index contributed by atoms with van der Waals surface area (Å²) >= 11 is 3.34. The van der Waals surface area contributed by atoms with Gasteiger partial charge in [-0.3, -0.25) is 0 Å². The maximum absolute atomic E-state index is 5.47. The van der Waals surface area contributed by atoms with Crippen LogP contribution in [0.2, 0.25) is 0 Å². The van der Waals surface area contributed by atoms with Crippen molar-refractivity contribution in [3.05, 3.63) is 30.2 Å². The fourth-order valence-electron chi connectivity index (χ4n) is 1.11. The molecule has 0 spiro atoms. The van der Waals surface area contributed by atoms with Gasteiger partial charge in [0.05, 0.1) is 0 Å². The molecule has 1 aromatic carbocycles. The molecular weight excluding hydrogens is 218 g/mol. The Morgan fingerprint density at radius 1 is 1.33 bits per heavy atom. The highest BCUT2D eigenvalue weighted by Gasteiger charge is 2.02. The average molecular weight is 226 g/mol. The molecule has 3 heteroatoms. The normalized spacial score (nSPS) is 10.8. The number of oxazole rings is 1. The molecule has 0 aliphatic heterocycles. The number of halogens is 1. The fourth-order valence-corrected chi connectivity index (χ4v) is 1.45. The molecule has 1 aromatic heterocycles. The van der Waals surface area contributed by atoms with Crippen molar-refractivity contribution < 1.29 is 4.42 Å². The van der Waals surface area contributed by atoms with E-state index in [0.29, 0.717) is 0 Å². The summed E-state index contributed by atoms with van der Waals surface area (Å²) in [6.45, 7) is 0. The number of aryl methyl sites for hydroxylation is 1. The van der Waals surface area contributed by atoms with Crippen molar-refractivity contribution in [2.75, 3.05) is 5.33 Å². The number of hydrogen-bond donors (Lipinski definition) is 0. The van der Waals surface area contributed by atoms with Gasteiger partial charge < -0.3 is 4.42 Å². The molecule has 62 valence electrons. The Balaban J connectivity index is 2.47. The topological polar surface area (TPSA) is 26.0 Å². The smallest absolute Gasteiger partial charge is 0.196 e. The van der Waals surface area contributed by atoms with E-state index in [1.54, 1.807) is 0 Å². The first-order valence-electron chi connectivity index (χ1n) is 3.80. The largest absolute Gasteiger partial charge is 0.441 e. The zero-order valence-corrected chi connectivity index (χ0v) is 8.04. The number of rotatable bonds is 2. The van der Waals surface area contributed by atoms with Gasteiger partial charge in [0, 0.05) is 11.8 Å². The Bertz CT molecular complexity index is 350. The molecule has 2 rings (SSSR count). The van der Waals surface area contributed by atoms with Gasteiger partial charge in [0.25, 0.3) is 0 Å². The number of para-hydroxylation sites is 2. The Morgan fingerprint density at radius 2 is 2.17 bits per heavy atom. The first kappa shape index (κ1) is 7.80. The number of benzene rings is 1. The van der Waals surface area contributed by atoms with E-state index in [1.807, 2.05) is 24.3 Å². The van der Waals surface area contributed by atoms with Gasteiger partial charge in [0.1, 0.15) is 5.52 Å². The summed E-state index contributed by atoms with van der Waals surface area (Å²) in [4.78, 5) is 4.31. The van der Waals surface area contributed by atoms with Crippen LogP contribution >= 0.6 is 15.9 Å². The summed E-state index contributed by atoms with van der Waals surface area (Å²) in [6.07, 6.45) is 0.842. The summed E-state index contributed by atoms with van der Waals surface area (Å²) in [5.41, 5.74) is 1.81. The molecule has 0 N–H and O–H groups in total. The molecular formula is C9H8BrNO. The molecule has 12 heavy (non-hydrogen) atoms. The van der Waals surface area contributed by atoms with Crippen LogP contribution in [-0.4, -0.2) is 10.3 Å². The molecule has 0 bridgehead atoms. The van der Waals surface area contributed by atoms with Crippen LogP contribution in [0.1, 0.15) is 5.89 Å². The van der Waals surface area contributed by atoms with Gasteiger partial charge in [-0.25, -0.2) is 4.98 Å². The minimum atomic E-state index is 0.799. The van der Waals surface area contributed by atoms with E-state index in [0.717, 1.165) is 28.7 Å². The quantitative estimate of drug-likeness (QED) is 0.736. The molecule has 0 unspecified atom stereocenters. The average Bonchev–Trinajstić information content (AvgIpc) is 2.47. The van der Waals surface area contributed by atoms with Gasteiger partial charge in [-0.2, -0.15) is 0 Å². The van der Waals surface area contributed by atoms with E-state index >= 15 is 0 Å². The van der Waals surface area contributed by atoms with E-state index in [1.165, 1.54) is 0 Å². The lowest BCUT2D eigenvalue weighted by atomic mass is 10.3. The van der Waals surface area contributed by atoms with E-state index in [9.17, 15) is 0 Å². The predicted molar refractivity (Wildman–Crippen MR) is 51.5 cm³/mol. The van der Waals surface area contributed by atoms with Crippen LogP contribution in [0, 0.1) is 0 Å². The monoisotopic (exact) mass is 225 g/mol. The summed E-state index contributed by atoms with van der Waals surface area (Å²) in [7, 11) is 0. The van der Waals surface area contributed by atoms with Crippen LogP contribution < -0.4 is 0 Å². The third-order valence-electron chi connectivity index (χ3n) is 1.65. The third kappa shape index (κ3) is 1.37. The first-order valence-corrected chi connectivity index (χ1v) is 4.93. The number of hydrogen-bond acceptors (Lipinski definition) is 2. The van der Waals surface area contributed by atoms with Gasteiger partial charge >= 0.3 is 0 Å². The van der Waals surface area contributed by atoms with E-state index in [-0.39, 0.29) is 0 Å². The van der Waals surface area contributed by atoms with E-state index in [2.05, 4.69) is 20.9 Å². The van der Waals surface area contributed by atoms with Gasteiger partial charge in [0.2, 0.25) is 0 Å². The molecule has 0 saturated heterocycles. The molecule has 2 aromatic rings.